The summed E-state index contributed by atoms with van der Waals surface area (Å²) in [6, 6.07) is 0. The summed E-state index contributed by atoms with van der Waals surface area (Å²) in [6.07, 6.45) is 5.17. The van der Waals surface area contributed by atoms with Gasteiger partial charge in [0.1, 0.15) is 0 Å². The Labute approximate surface area is 97.0 Å². The monoisotopic (exact) mass is 213 g/mol. The zero-order chi connectivity index (χ0) is 11.9. The molecule has 0 rings (SSSR count). The molecule has 0 amide bonds. The molecule has 0 radical (unpaired) electrons. The van der Waals surface area contributed by atoms with E-state index in [9.17, 15) is 0 Å². The molecule has 0 aliphatic heterocycles. The van der Waals surface area contributed by atoms with E-state index in [1.54, 1.807) is 0 Å². The van der Waals surface area contributed by atoms with E-state index >= 15 is 0 Å². The van der Waals surface area contributed by atoms with Crippen molar-refractivity contribution in [3.05, 3.63) is 0 Å². The second-order valence-corrected chi connectivity index (χ2v) is 6.40. The first-order chi connectivity index (χ1) is 6.83. The van der Waals surface area contributed by atoms with Gasteiger partial charge in [-0.2, -0.15) is 0 Å². The van der Waals surface area contributed by atoms with Gasteiger partial charge in [0.05, 0.1) is 0 Å². The van der Waals surface area contributed by atoms with Crippen molar-refractivity contribution < 1.29 is 0 Å². The number of hydrogen-bond donors (Lipinski definition) is 1. The molecule has 0 aromatic rings. The Morgan fingerprint density at radius 1 is 0.933 bits per heavy atom. The molecule has 0 bridgehead atoms. The summed E-state index contributed by atoms with van der Waals surface area (Å²) in [7, 11) is 0. The van der Waals surface area contributed by atoms with Gasteiger partial charge in [-0.05, 0) is 43.1 Å². The molecule has 0 heterocycles. The van der Waals surface area contributed by atoms with Gasteiger partial charge >= 0.3 is 0 Å². The van der Waals surface area contributed by atoms with Gasteiger partial charge < -0.3 is 5.32 Å². The Morgan fingerprint density at radius 2 is 1.53 bits per heavy atom. The summed E-state index contributed by atoms with van der Waals surface area (Å²) in [5, 5.41) is 3.56. The fourth-order valence-corrected chi connectivity index (χ4v) is 1.63. The molecule has 1 heteroatoms. The fraction of sp³-hybridized carbons (Fsp3) is 1.00. The molecule has 15 heavy (non-hydrogen) atoms. The Kier molecular flexibility index (Phi) is 6.51. The molecule has 0 fully saturated rings. The molecule has 92 valence electrons. The molecule has 0 saturated heterocycles. The molecule has 0 spiro atoms. The Hall–Kier alpha value is -0.0400. The minimum absolute atomic E-state index is 0.473. The molecule has 1 N–H and O–H groups in total. The lowest BCUT2D eigenvalue weighted by Crippen LogP contribution is -2.32. The minimum Gasteiger partial charge on any atom is -0.316 e. The molecule has 0 aliphatic rings. The van der Waals surface area contributed by atoms with Gasteiger partial charge in [0.15, 0.2) is 0 Å². The lowest BCUT2D eigenvalue weighted by Gasteiger charge is -2.32. The van der Waals surface area contributed by atoms with E-state index in [0.717, 1.165) is 6.54 Å². The number of rotatable bonds is 7. The number of nitrogens with one attached hydrogen (secondary N) is 1. The van der Waals surface area contributed by atoms with E-state index in [0.29, 0.717) is 10.8 Å². The van der Waals surface area contributed by atoms with Crippen LogP contribution in [0.5, 0.6) is 0 Å². The molecule has 0 saturated carbocycles. The van der Waals surface area contributed by atoms with Gasteiger partial charge in [-0.1, -0.05) is 41.5 Å². The molecule has 1 atom stereocenters. The maximum absolute atomic E-state index is 3.56. The SMILES string of the molecule is CCCNCC(C)(CC)CCC(C)(C)C. The molecule has 0 aromatic carbocycles. The van der Waals surface area contributed by atoms with E-state index in [1.165, 1.54) is 32.2 Å². The highest BCUT2D eigenvalue weighted by atomic mass is 14.9. The van der Waals surface area contributed by atoms with Gasteiger partial charge in [0.25, 0.3) is 0 Å². The predicted molar refractivity (Wildman–Crippen MR) is 70.2 cm³/mol. The zero-order valence-corrected chi connectivity index (χ0v) is 11.7. The lowest BCUT2D eigenvalue weighted by atomic mass is 9.77. The first-order valence-electron chi connectivity index (χ1n) is 6.54. The van der Waals surface area contributed by atoms with Crippen LogP contribution in [-0.2, 0) is 0 Å². The van der Waals surface area contributed by atoms with Crippen LogP contribution in [0, 0.1) is 10.8 Å². The van der Waals surface area contributed by atoms with Crippen LogP contribution in [0.1, 0.15) is 67.2 Å². The zero-order valence-electron chi connectivity index (χ0n) is 11.7. The van der Waals surface area contributed by atoms with Crippen LogP contribution < -0.4 is 5.32 Å². The normalized spacial score (nSPS) is 16.4. The first-order valence-corrected chi connectivity index (χ1v) is 6.54. The van der Waals surface area contributed by atoms with Crippen molar-refractivity contribution in [3.8, 4) is 0 Å². The molecule has 1 unspecified atom stereocenters. The highest BCUT2D eigenvalue weighted by Crippen LogP contribution is 2.32. The van der Waals surface area contributed by atoms with Crippen LogP contribution in [0.4, 0.5) is 0 Å². The van der Waals surface area contributed by atoms with E-state index in [-0.39, 0.29) is 0 Å². The second-order valence-electron chi connectivity index (χ2n) is 6.40. The van der Waals surface area contributed by atoms with Gasteiger partial charge in [-0.25, -0.2) is 0 Å². The highest BCUT2D eigenvalue weighted by Gasteiger charge is 2.24. The van der Waals surface area contributed by atoms with Crippen molar-refractivity contribution in [2.45, 2.75) is 67.2 Å². The van der Waals surface area contributed by atoms with Crippen LogP contribution in [0.3, 0.4) is 0 Å². The van der Waals surface area contributed by atoms with Gasteiger partial charge in [0.2, 0.25) is 0 Å². The van der Waals surface area contributed by atoms with Crippen LogP contribution in [0.25, 0.3) is 0 Å². The smallest absolute Gasteiger partial charge is 0.000506 e. The molecular weight excluding hydrogens is 182 g/mol. The fourth-order valence-electron chi connectivity index (χ4n) is 1.63. The maximum Gasteiger partial charge on any atom is 0.000506 e. The topological polar surface area (TPSA) is 12.0 Å². The van der Waals surface area contributed by atoms with Crippen LogP contribution in [-0.4, -0.2) is 13.1 Å². The Morgan fingerprint density at radius 3 is 1.93 bits per heavy atom. The average Bonchev–Trinajstić information content (AvgIpc) is 2.14. The molecule has 0 aromatic heterocycles. The van der Waals surface area contributed by atoms with Crippen LogP contribution in [0.2, 0.25) is 0 Å². The van der Waals surface area contributed by atoms with Crippen molar-refractivity contribution >= 4 is 0 Å². The molecular formula is C14H31N. The predicted octanol–water partition coefficient (Wildman–Crippen LogP) is 4.23. The third kappa shape index (κ3) is 7.84. The van der Waals surface area contributed by atoms with Crippen LogP contribution in [0.15, 0.2) is 0 Å². The van der Waals surface area contributed by atoms with Gasteiger partial charge in [0, 0.05) is 6.54 Å². The van der Waals surface area contributed by atoms with Crippen molar-refractivity contribution in [1.29, 1.82) is 0 Å². The third-order valence-corrected chi connectivity index (χ3v) is 3.31. The van der Waals surface area contributed by atoms with E-state index in [4.69, 9.17) is 0 Å². The van der Waals surface area contributed by atoms with Crippen molar-refractivity contribution in [3.63, 3.8) is 0 Å². The third-order valence-electron chi connectivity index (χ3n) is 3.31. The maximum atomic E-state index is 3.56. The van der Waals surface area contributed by atoms with E-state index in [1.807, 2.05) is 0 Å². The quantitative estimate of drug-likeness (QED) is 0.624. The van der Waals surface area contributed by atoms with Gasteiger partial charge in [-0.3, -0.25) is 0 Å². The summed E-state index contributed by atoms with van der Waals surface area (Å²) < 4.78 is 0. The summed E-state index contributed by atoms with van der Waals surface area (Å²) >= 11 is 0. The van der Waals surface area contributed by atoms with Crippen molar-refractivity contribution in [2.24, 2.45) is 10.8 Å². The largest absolute Gasteiger partial charge is 0.316 e. The summed E-state index contributed by atoms with van der Waals surface area (Å²) in [5.41, 5.74) is 0.962. The minimum atomic E-state index is 0.473. The van der Waals surface area contributed by atoms with E-state index in [2.05, 4.69) is 46.9 Å². The molecule has 0 aliphatic carbocycles. The summed E-state index contributed by atoms with van der Waals surface area (Å²) in [5.74, 6) is 0. The second kappa shape index (κ2) is 6.52. The van der Waals surface area contributed by atoms with Crippen molar-refractivity contribution in [1.82, 2.24) is 5.32 Å². The molecule has 1 nitrogen and oxygen atoms in total. The summed E-state index contributed by atoms with van der Waals surface area (Å²) in [6.45, 7) is 16.3. The average molecular weight is 213 g/mol. The summed E-state index contributed by atoms with van der Waals surface area (Å²) in [4.78, 5) is 0. The number of hydrogen-bond acceptors (Lipinski definition) is 1. The standard InChI is InChI=1S/C14H31N/c1-7-11-15-12-14(6,8-2)10-9-13(3,4)5/h15H,7-12H2,1-6H3. The van der Waals surface area contributed by atoms with Gasteiger partial charge in [-0.15, -0.1) is 0 Å². The Balaban J connectivity index is 3.96. The Bertz CT molecular complexity index is 157. The van der Waals surface area contributed by atoms with E-state index < -0.39 is 0 Å². The van der Waals surface area contributed by atoms with Crippen molar-refractivity contribution in [2.75, 3.05) is 13.1 Å². The first kappa shape index (κ1) is 15.0. The van der Waals surface area contributed by atoms with Crippen LogP contribution >= 0.6 is 0 Å². The lowest BCUT2D eigenvalue weighted by molar-refractivity contribution is 0.219. The highest BCUT2D eigenvalue weighted by molar-refractivity contribution is 4.78.